The average Bonchev–Trinajstić information content (AvgIpc) is 2.65. The first kappa shape index (κ1) is 12.7. The molecule has 0 bridgehead atoms. The molecule has 0 N–H and O–H groups in total. The number of hydrogen-bond acceptors (Lipinski definition) is 3. The van der Waals surface area contributed by atoms with Crippen LogP contribution in [0.5, 0.6) is 0 Å². The topological polar surface area (TPSA) is 17.1 Å². The Morgan fingerprint density at radius 1 is 1.44 bits per heavy atom. The summed E-state index contributed by atoms with van der Waals surface area (Å²) in [6.07, 6.45) is 3.87. The van der Waals surface area contributed by atoms with E-state index in [1.807, 2.05) is 17.1 Å². The second-order valence-electron chi connectivity index (χ2n) is 4.21. The van der Waals surface area contributed by atoms with E-state index in [1.165, 1.54) is 29.2 Å². The van der Waals surface area contributed by atoms with Crippen molar-refractivity contribution in [3.8, 4) is 0 Å². The van der Waals surface area contributed by atoms with E-state index in [0.717, 1.165) is 10.9 Å². The van der Waals surface area contributed by atoms with Gasteiger partial charge in [-0.05, 0) is 52.3 Å². The fourth-order valence-electron chi connectivity index (χ4n) is 1.99. The van der Waals surface area contributed by atoms with Gasteiger partial charge in [0, 0.05) is 27.6 Å². The van der Waals surface area contributed by atoms with Gasteiger partial charge >= 0.3 is 0 Å². The highest BCUT2D eigenvalue weighted by atomic mass is 79.9. The molecule has 0 spiro atoms. The molecule has 1 aromatic rings. The van der Waals surface area contributed by atoms with E-state index in [9.17, 15) is 4.79 Å². The highest BCUT2D eigenvalue weighted by Gasteiger charge is 2.17. The summed E-state index contributed by atoms with van der Waals surface area (Å²) in [7, 11) is 0. The number of thiophene rings is 1. The van der Waals surface area contributed by atoms with Gasteiger partial charge < -0.3 is 0 Å². The van der Waals surface area contributed by atoms with Crippen molar-refractivity contribution in [3.05, 3.63) is 20.8 Å². The lowest BCUT2D eigenvalue weighted by molar-refractivity contribution is -0.119. The van der Waals surface area contributed by atoms with E-state index in [-0.39, 0.29) is 0 Å². The number of Topliss-reactive ketones (excluding diaryl/α,β-unsaturated/α-hetero) is 1. The van der Waals surface area contributed by atoms with E-state index in [1.54, 1.807) is 11.3 Å². The molecule has 0 atom stereocenters. The highest BCUT2D eigenvalue weighted by Crippen LogP contribution is 2.27. The fraction of sp³-hybridized carbons (Fsp3) is 0.583. The van der Waals surface area contributed by atoms with Crippen molar-refractivity contribution in [2.24, 2.45) is 5.92 Å². The van der Waals surface area contributed by atoms with E-state index in [0.29, 0.717) is 18.1 Å². The highest BCUT2D eigenvalue weighted by molar-refractivity contribution is 9.10. The Bertz CT molecular complexity index is 356. The van der Waals surface area contributed by atoms with Crippen molar-refractivity contribution in [1.82, 2.24) is 0 Å². The normalized spacial score (nSPS) is 17.6. The molecule has 1 aliphatic rings. The van der Waals surface area contributed by atoms with Gasteiger partial charge in [-0.2, -0.15) is 11.8 Å². The second kappa shape index (κ2) is 6.22. The Morgan fingerprint density at radius 3 is 2.81 bits per heavy atom. The van der Waals surface area contributed by atoms with Crippen molar-refractivity contribution in [2.45, 2.75) is 25.7 Å². The molecule has 0 radical (unpaired) electrons. The molecule has 0 unspecified atom stereocenters. The standard InChI is InChI=1S/C12H15BrOS2/c13-10-6-12(16-8-10)7-11(14)5-9-1-3-15-4-2-9/h6,8-9H,1-5,7H2. The van der Waals surface area contributed by atoms with Crippen LogP contribution in [0.15, 0.2) is 15.9 Å². The van der Waals surface area contributed by atoms with Gasteiger partial charge in [0.25, 0.3) is 0 Å². The Labute approximate surface area is 113 Å². The number of thioether (sulfide) groups is 1. The van der Waals surface area contributed by atoms with Crippen LogP contribution < -0.4 is 0 Å². The number of carbonyl (C=O) groups is 1. The van der Waals surface area contributed by atoms with Crippen LogP contribution in [0.2, 0.25) is 0 Å². The maximum Gasteiger partial charge on any atom is 0.138 e. The zero-order chi connectivity index (χ0) is 11.4. The third kappa shape index (κ3) is 3.90. The summed E-state index contributed by atoms with van der Waals surface area (Å²) in [5.74, 6) is 3.54. The Balaban J connectivity index is 1.79. The molecule has 0 amide bonds. The largest absolute Gasteiger partial charge is 0.299 e. The maximum atomic E-state index is 11.9. The first-order valence-corrected chi connectivity index (χ1v) is 8.39. The van der Waals surface area contributed by atoms with Crippen LogP contribution in [0.1, 0.15) is 24.1 Å². The summed E-state index contributed by atoms with van der Waals surface area (Å²) >= 11 is 7.10. The van der Waals surface area contributed by atoms with Gasteiger partial charge in [-0.15, -0.1) is 11.3 Å². The van der Waals surface area contributed by atoms with Crippen molar-refractivity contribution < 1.29 is 4.79 Å². The summed E-state index contributed by atoms with van der Waals surface area (Å²) in [5.41, 5.74) is 0. The molecular weight excluding hydrogens is 304 g/mol. The maximum absolute atomic E-state index is 11.9. The molecule has 1 nitrogen and oxygen atoms in total. The van der Waals surface area contributed by atoms with E-state index in [2.05, 4.69) is 22.0 Å². The zero-order valence-corrected chi connectivity index (χ0v) is 12.3. The summed E-state index contributed by atoms with van der Waals surface area (Å²) in [4.78, 5) is 13.1. The summed E-state index contributed by atoms with van der Waals surface area (Å²) in [6, 6.07) is 2.05. The van der Waals surface area contributed by atoms with Crippen LogP contribution in [0.3, 0.4) is 0 Å². The molecule has 88 valence electrons. The van der Waals surface area contributed by atoms with Crippen molar-refractivity contribution in [1.29, 1.82) is 0 Å². The van der Waals surface area contributed by atoms with Crippen LogP contribution in [-0.4, -0.2) is 17.3 Å². The van der Waals surface area contributed by atoms with Crippen molar-refractivity contribution in [3.63, 3.8) is 0 Å². The predicted octanol–water partition coefficient (Wildman–Crippen LogP) is 4.16. The molecule has 0 aromatic carbocycles. The first-order valence-electron chi connectivity index (χ1n) is 5.56. The third-order valence-electron chi connectivity index (χ3n) is 2.85. The van der Waals surface area contributed by atoms with Gasteiger partial charge in [0.1, 0.15) is 5.78 Å². The van der Waals surface area contributed by atoms with E-state index < -0.39 is 0 Å². The molecule has 0 aliphatic carbocycles. The molecule has 2 rings (SSSR count). The number of hydrogen-bond donors (Lipinski definition) is 0. The minimum atomic E-state index is 0.409. The van der Waals surface area contributed by atoms with Gasteiger partial charge in [0.2, 0.25) is 0 Å². The smallest absolute Gasteiger partial charge is 0.138 e. The molecular formula is C12H15BrOS2. The summed E-state index contributed by atoms with van der Waals surface area (Å²) in [6.45, 7) is 0. The van der Waals surface area contributed by atoms with Crippen LogP contribution >= 0.6 is 39.0 Å². The van der Waals surface area contributed by atoms with Crippen LogP contribution in [0.4, 0.5) is 0 Å². The monoisotopic (exact) mass is 318 g/mol. The predicted molar refractivity (Wildman–Crippen MR) is 75.4 cm³/mol. The Morgan fingerprint density at radius 2 is 2.19 bits per heavy atom. The number of halogens is 1. The lowest BCUT2D eigenvalue weighted by Gasteiger charge is -2.20. The minimum absolute atomic E-state index is 0.409. The zero-order valence-electron chi connectivity index (χ0n) is 9.08. The molecule has 2 heterocycles. The Hall–Kier alpha value is 0.200. The molecule has 4 heteroatoms. The fourth-order valence-corrected chi connectivity index (χ4v) is 4.67. The van der Waals surface area contributed by atoms with Crippen molar-refractivity contribution >= 4 is 44.8 Å². The SMILES string of the molecule is O=C(Cc1cc(Br)cs1)CC1CCSCC1. The van der Waals surface area contributed by atoms with Gasteiger partial charge in [0.05, 0.1) is 0 Å². The molecule has 16 heavy (non-hydrogen) atoms. The van der Waals surface area contributed by atoms with Crippen molar-refractivity contribution in [2.75, 3.05) is 11.5 Å². The van der Waals surface area contributed by atoms with E-state index >= 15 is 0 Å². The third-order valence-corrected chi connectivity index (χ3v) is 5.60. The van der Waals surface area contributed by atoms with E-state index in [4.69, 9.17) is 0 Å². The number of carbonyl (C=O) groups excluding carboxylic acids is 1. The molecule has 1 saturated heterocycles. The average molecular weight is 319 g/mol. The van der Waals surface area contributed by atoms with Crippen LogP contribution in [-0.2, 0) is 11.2 Å². The molecule has 1 aliphatic heterocycles. The van der Waals surface area contributed by atoms with Gasteiger partial charge in [0.15, 0.2) is 0 Å². The molecule has 1 aromatic heterocycles. The lowest BCUT2D eigenvalue weighted by atomic mass is 9.95. The number of rotatable bonds is 4. The molecule has 1 fully saturated rings. The van der Waals surface area contributed by atoms with Gasteiger partial charge in [-0.1, -0.05) is 0 Å². The van der Waals surface area contributed by atoms with Gasteiger partial charge in [-0.25, -0.2) is 0 Å². The first-order chi connectivity index (χ1) is 7.74. The van der Waals surface area contributed by atoms with Crippen LogP contribution in [0, 0.1) is 5.92 Å². The second-order valence-corrected chi connectivity index (χ2v) is 7.34. The lowest BCUT2D eigenvalue weighted by Crippen LogP contribution is -2.15. The van der Waals surface area contributed by atoms with Crippen LogP contribution in [0.25, 0.3) is 0 Å². The quantitative estimate of drug-likeness (QED) is 0.829. The minimum Gasteiger partial charge on any atom is -0.299 e. The Kier molecular flexibility index (Phi) is 4.92. The number of ketones is 1. The summed E-state index contributed by atoms with van der Waals surface area (Å²) in [5, 5.41) is 2.04. The molecule has 0 saturated carbocycles. The van der Waals surface area contributed by atoms with Gasteiger partial charge in [-0.3, -0.25) is 4.79 Å². The summed E-state index contributed by atoms with van der Waals surface area (Å²) < 4.78 is 1.09.